The van der Waals surface area contributed by atoms with E-state index in [1.54, 1.807) is 36.1 Å². The summed E-state index contributed by atoms with van der Waals surface area (Å²) in [6, 6.07) is 9.18. The number of hydrogen-bond donors (Lipinski definition) is 2. The predicted molar refractivity (Wildman–Crippen MR) is 103 cm³/mol. The number of amides is 1. The normalized spacial score (nSPS) is 12.3. The number of H-pyrrole nitrogens is 1. The van der Waals surface area contributed by atoms with Crippen LogP contribution >= 0.6 is 0 Å². The average molecular weight is 386 g/mol. The van der Waals surface area contributed by atoms with Crippen molar-refractivity contribution >= 4 is 22.5 Å². The minimum absolute atomic E-state index is 0.217. The molecule has 0 aliphatic rings. The van der Waals surface area contributed by atoms with Gasteiger partial charge < -0.3 is 10.3 Å². The Hall–Kier alpha value is -3.13. The Bertz CT molecular complexity index is 1070. The van der Waals surface area contributed by atoms with E-state index in [1.165, 1.54) is 0 Å². The molecule has 6 nitrogen and oxygen atoms in total. The fourth-order valence-corrected chi connectivity index (χ4v) is 2.92. The predicted octanol–water partition coefficient (Wildman–Crippen LogP) is 3.05. The molecule has 3 aromatic rings. The lowest BCUT2D eigenvalue weighted by Crippen LogP contribution is -2.42. The second kappa shape index (κ2) is 8.26. The minimum Gasteiger partial charge on any atom is -0.322 e. The van der Waals surface area contributed by atoms with Crippen LogP contribution in [-0.4, -0.2) is 33.4 Å². The first-order valence-electron chi connectivity index (χ1n) is 8.87. The third-order valence-corrected chi connectivity index (χ3v) is 4.53. The molecule has 1 atom stereocenters. The molecule has 0 fully saturated rings. The van der Waals surface area contributed by atoms with Crippen LogP contribution in [0.25, 0.3) is 10.9 Å². The highest BCUT2D eigenvalue weighted by molar-refractivity contribution is 5.94. The number of likely N-dealkylation sites (N-methyl/N-ethyl adjacent to an activating group) is 1. The molecule has 0 aliphatic heterocycles. The van der Waals surface area contributed by atoms with Crippen LogP contribution in [0, 0.1) is 11.6 Å². The van der Waals surface area contributed by atoms with Gasteiger partial charge in [0.1, 0.15) is 17.5 Å². The molecule has 1 amide bonds. The topological polar surface area (TPSA) is 78.1 Å². The first-order chi connectivity index (χ1) is 13.4. The monoisotopic (exact) mass is 386 g/mol. The van der Waals surface area contributed by atoms with Gasteiger partial charge in [-0.3, -0.25) is 14.5 Å². The average Bonchev–Trinajstić information content (AvgIpc) is 2.68. The quantitative estimate of drug-likeness (QED) is 0.683. The van der Waals surface area contributed by atoms with E-state index < -0.39 is 23.6 Å². The van der Waals surface area contributed by atoms with E-state index in [-0.39, 0.29) is 17.8 Å². The van der Waals surface area contributed by atoms with Crippen LogP contribution in [-0.2, 0) is 11.3 Å². The Labute approximate surface area is 160 Å². The lowest BCUT2D eigenvalue weighted by Gasteiger charge is -2.26. The number of nitrogens with zero attached hydrogens (tertiary/aromatic N) is 2. The zero-order chi connectivity index (χ0) is 20.3. The zero-order valence-electron chi connectivity index (χ0n) is 15.5. The fraction of sp³-hybridized carbons (Fsp3) is 0.250. The van der Waals surface area contributed by atoms with Gasteiger partial charge in [-0.2, -0.15) is 0 Å². The number of carbonyl (C=O) groups is 1. The fourth-order valence-electron chi connectivity index (χ4n) is 2.92. The van der Waals surface area contributed by atoms with Gasteiger partial charge in [-0.15, -0.1) is 0 Å². The number of aromatic amines is 1. The van der Waals surface area contributed by atoms with Crippen LogP contribution in [0.5, 0.6) is 0 Å². The van der Waals surface area contributed by atoms with Crippen LogP contribution in [0.1, 0.15) is 19.7 Å². The number of rotatable bonds is 6. The van der Waals surface area contributed by atoms with Gasteiger partial charge in [0.25, 0.3) is 5.56 Å². The number of anilines is 1. The Morgan fingerprint density at radius 3 is 2.75 bits per heavy atom. The Morgan fingerprint density at radius 2 is 2.00 bits per heavy atom. The maximum Gasteiger partial charge on any atom is 0.258 e. The standard InChI is InChI=1S/C20H20F2N4O2/c1-3-26(11-18-23-16-7-5-4-6-14(16)20(28)25-18)12(2)19(27)24-17-10-13(21)8-9-15(17)22/h4-10,12H,3,11H2,1-2H3,(H,24,27)(H,23,25,28). The number of aromatic nitrogens is 2. The number of halogens is 2. The highest BCUT2D eigenvalue weighted by Gasteiger charge is 2.22. The summed E-state index contributed by atoms with van der Waals surface area (Å²) in [7, 11) is 0. The van der Waals surface area contributed by atoms with Gasteiger partial charge in [0.2, 0.25) is 5.91 Å². The van der Waals surface area contributed by atoms with Gasteiger partial charge in [-0.1, -0.05) is 19.1 Å². The first-order valence-corrected chi connectivity index (χ1v) is 8.87. The minimum atomic E-state index is -0.717. The number of fused-ring (bicyclic) bond motifs is 1. The van der Waals surface area contributed by atoms with E-state index >= 15 is 0 Å². The van der Waals surface area contributed by atoms with Gasteiger partial charge in [0, 0.05) is 6.07 Å². The van der Waals surface area contributed by atoms with Crippen molar-refractivity contribution in [2.75, 3.05) is 11.9 Å². The lowest BCUT2D eigenvalue weighted by molar-refractivity contribution is -0.120. The molecule has 0 spiro atoms. The van der Waals surface area contributed by atoms with Crippen molar-refractivity contribution in [2.45, 2.75) is 26.4 Å². The molecule has 1 heterocycles. The molecule has 0 bridgehead atoms. The van der Waals surface area contributed by atoms with E-state index in [0.717, 1.165) is 18.2 Å². The highest BCUT2D eigenvalue weighted by atomic mass is 19.1. The van der Waals surface area contributed by atoms with Crippen molar-refractivity contribution in [2.24, 2.45) is 0 Å². The molecule has 0 radical (unpaired) electrons. The third kappa shape index (κ3) is 4.23. The molecular formula is C20H20F2N4O2. The molecular weight excluding hydrogens is 366 g/mol. The van der Waals surface area contributed by atoms with E-state index in [1.807, 2.05) is 6.92 Å². The highest BCUT2D eigenvalue weighted by Crippen LogP contribution is 2.17. The molecule has 2 N–H and O–H groups in total. The number of hydrogen-bond acceptors (Lipinski definition) is 4. The SMILES string of the molecule is CCN(Cc1nc2ccccc2c(=O)[nH]1)C(C)C(=O)Nc1cc(F)ccc1F. The van der Waals surface area contributed by atoms with Crippen LogP contribution in [0.3, 0.4) is 0 Å². The van der Waals surface area contributed by atoms with Crippen molar-refractivity contribution in [3.8, 4) is 0 Å². The lowest BCUT2D eigenvalue weighted by atomic mass is 10.2. The van der Waals surface area contributed by atoms with Crippen molar-refractivity contribution in [1.29, 1.82) is 0 Å². The molecule has 3 rings (SSSR count). The van der Waals surface area contributed by atoms with Gasteiger partial charge >= 0.3 is 0 Å². The summed E-state index contributed by atoms with van der Waals surface area (Å²) < 4.78 is 27.1. The molecule has 1 aromatic heterocycles. The van der Waals surface area contributed by atoms with Gasteiger partial charge in [0.05, 0.1) is 29.2 Å². The largest absolute Gasteiger partial charge is 0.322 e. The molecule has 28 heavy (non-hydrogen) atoms. The van der Waals surface area contributed by atoms with E-state index in [9.17, 15) is 18.4 Å². The summed E-state index contributed by atoms with van der Waals surface area (Å²) in [5.41, 5.74) is 0.0944. The van der Waals surface area contributed by atoms with Gasteiger partial charge in [-0.05, 0) is 37.7 Å². The number of para-hydroxylation sites is 1. The number of nitrogens with one attached hydrogen (secondary N) is 2. The Balaban J connectivity index is 1.78. The van der Waals surface area contributed by atoms with Crippen molar-refractivity contribution in [3.63, 3.8) is 0 Å². The summed E-state index contributed by atoms with van der Waals surface area (Å²) >= 11 is 0. The molecule has 0 saturated heterocycles. The van der Waals surface area contributed by atoms with Crippen LogP contribution in [0.2, 0.25) is 0 Å². The summed E-state index contributed by atoms with van der Waals surface area (Å²) in [6.07, 6.45) is 0. The number of carbonyl (C=O) groups excluding carboxylic acids is 1. The summed E-state index contributed by atoms with van der Waals surface area (Å²) in [4.78, 5) is 33.7. The summed E-state index contributed by atoms with van der Waals surface area (Å²) in [5, 5.41) is 2.89. The summed E-state index contributed by atoms with van der Waals surface area (Å²) in [5.74, 6) is -1.43. The molecule has 0 saturated carbocycles. The number of benzene rings is 2. The maximum atomic E-state index is 13.8. The van der Waals surface area contributed by atoms with E-state index in [0.29, 0.717) is 23.3 Å². The van der Waals surface area contributed by atoms with E-state index in [4.69, 9.17) is 0 Å². The molecule has 8 heteroatoms. The zero-order valence-corrected chi connectivity index (χ0v) is 15.5. The Morgan fingerprint density at radius 1 is 1.25 bits per heavy atom. The Kier molecular flexibility index (Phi) is 5.79. The van der Waals surface area contributed by atoms with Crippen molar-refractivity contribution in [1.82, 2.24) is 14.9 Å². The van der Waals surface area contributed by atoms with Gasteiger partial charge in [0.15, 0.2) is 0 Å². The van der Waals surface area contributed by atoms with Crippen LogP contribution in [0.4, 0.5) is 14.5 Å². The van der Waals surface area contributed by atoms with Crippen LogP contribution < -0.4 is 10.9 Å². The van der Waals surface area contributed by atoms with Gasteiger partial charge in [-0.25, -0.2) is 13.8 Å². The first kappa shape index (κ1) is 19.6. The molecule has 0 aliphatic carbocycles. The van der Waals surface area contributed by atoms with Crippen LogP contribution in [0.15, 0.2) is 47.3 Å². The molecule has 146 valence electrons. The second-order valence-electron chi connectivity index (χ2n) is 6.38. The molecule has 1 unspecified atom stereocenters. The van der Waals surface area contributed by atoms with Crippen molar-refractivity contribution in [3.05, 3.63) is 70.3 Å². The molecule has 2 aromatic carbocycles. The van der Waals surface area contributed by atoms with Crippen molar-refractivity contribution < 1.29 is 13.6 Å². The van der Waals surface area contributed by atoms with E-state index in [2.05, 4.69) is 15.3 Å². The summed E-state index contributed by atoms with van der Waals surface area (Å²) in [6.45, 7) is 4.20. The maximum absolute atomic E-state index is 13.8. The second-order valence-corrected chi connectivity index (χ2v) is 6.38. The third-order valence-electron chi connectivity index (χ3n) is 4.53. The smallest absolute Gasteiger partial charge is 0.258 e.